The van der Waals surface area contributed by atoms with Crippen molar-refractivity contribution in [2.75, 3.05) is 13.2 Å². The number of hydrogen-bond acceptors (Lipinski definition) is 6. The lowest BCUT2D eigenvalue weighted by Crippen LogP contribution is -2.30. The maximum absolute atomic E-state index is 12.7. The molecule has 0 spiro atoms. The van der Waals surface area contributed by atoms with E-state index in [0.717, 1.165) is 63.7 Å². The van der Waals surface area contributed by atoms with Crippen molar-refractivity contribution in [3.63, 3.8) is 0 Å². The number of ether oxygens (including phenoxy) is 3. The second kappa shape index (κ2) is 44.5. The number of carbonyl (C=O) groups excluding carboxylic acids is 3. The number of carbonyl (C=O) groups is 3. The zero-order chi connectivity index (χ0) is 41.0. The first-order valence-electron chi connectivity index (χ1n) is 24.9. The fourth-order valence-electron chi connectivity index (χ4n) is 7.48. The van der Waals surface area contributed by atoms with E-state index in [0.29, 0.717) is 19.3 Å². The Morgan fingerprint density at radius 1 is 0.357 bits per heavy atom. The molecule has 0 aromatic carbocycles. The van der Waals surface area contributed by atoms with Gasteiger partial charge < -0.3 is 14.2 Å². The normalized spacial score (nSPS) is 12.4. The molecular formula is C50H96O6. The molecule has 1 unspecified atom stereocenters. The van der Waals surface area contributed by atoms with Crippen molar-refractivity contribution in [2.45, 2.75) is 284 Å². The van der Waals surface area contributed by atoms with Crippen LogP contribution in [0.25, 0.3) is 0 Å². The van der Waals surface area contributed by atoms with E-state index in [-0.39, 0.29) is 31.1 Å². The summed E-state index contributed by atoms with van der Waals surface area (Å²) in [6, 6.07) is 0. The lowest BCUT2D eigenvalue weighted by atomic mass is 9.99. The summed E-state index contributed by atoms with van der Waals surface area (Å²) in [4.78, 5) is 37.8. The monoisotopic (exact) mass is 793 g/mol. The van der Waals surface area contributed by atoms with Crippen LogP contribution in [0.4, 0.5) is 0 Å². The van der Waals surface area contributed by atoms with Gasteiger partial charge in [0.25, 0.3) is 0 Å². The minimum absolute atomic E-state index is 0.0631. The van der Waals surface area contributed by atoms with Crippen molar-refractivity contribution in [2.24, 2.45) is 5.92 Å². The molecule has 6 heteroatoms. The lowest BCUT2D eigenvalue weighted by molar-refractivity contribution is -0.167. The molecule has 0 radical (unpaired) electrons. The smallest absolute Gasteiger partial charge is 0.306 e. The Morgan fingerprint density at radius 2 is 0.625 bits per heavy atom. The summed E-state index contributed by atoms with van der Waals surface area (Å²) in [5, 5.41) is 0. The molecule has 2 atom stereocenters. The Kier molecular flexibility index (Phi) is 43.2. The first kappa shape index (κ1) is 54.4. The first-order valence-corrected chi connectivity index (χ1v) is 24.9. The van der Waals surface area contributed by atoms with E-state index in [1.165, 1.54) is 173 Å². The van der Waals surface area contributed by atoms with Gasteiger partial charge in [-0.15, -0.1) is 0 Å². The fourth-order valence-corrected chi connectivity index (χ4v) is 7.48. The van der Waals surface area contributed by atoms with E-state index >= 15 is 0 Å². The molecule has 0 saturated carbocycles. The Balaban J connectivity index is 4.23. The lowest BCUT2D eigenvalue weighted by Gasteiger charge is -2.18. The summed E-state index contributed by atoms with van der Waals surface area (Å²) in [6.07, 6.45) is 45.1. The zero-order valence-corrected chi connectivity index (χ0v) is 38.1. The van der Waals surface area contributed by atoms with Gasteiger partial charge in [0.2, 0.25) is 0 Å². The van der Waals surface area contributed by atoms with Crippen LogP contribution in [-0.4, -0.2) is 37.2 Å². The fraction of sp³-hybridized carbons (Fsp3) is 0.940. The molecular weight excluding hydrogens is 697 g/mol. The highest BCUT2D eigenvalue weighted by atomic mass is 16.6. The van der Waals surface area contributed by atoms with Gasteiger partial charge in [-0.3, -0.25) is 14.4 Å². The van der Waals surface area contributed by atoms with Crippen LogP contribution < -0.4 is 0 Å². The Morgan fingerprint density at radius 3 is 0.929 bits per heavy atom. The third-order valence-electron chi connectivity index (χ3n) is 11.7. The summed E-state index contributed by atoms with van der Waals surface area (Å²) < 4.78 is 16.7. The molecule has 0 aliphatic heterocycles. The van der Waals surface area contributed by atoms with Gasteiger partial charge >= 0.3 is 17.9 Å². The van der Waals surface area contributed by atoms with Crippen LogP contribution in [0.1, 0.15) is 278 Å². The second-order valence-corrected chi connectivity index (χ2v) is 17.3. The number of hydrogen-bond donors (Lipinski definition) is 0. The van der Waals surface area contributed by atoms with Gasteiger partial charge in [0, 0.05) is 19.3 Å². The molecule has 6 nitrogen and oxygen atoms in total. The zero-order valence-electron chi connectivity index (χ0n) is 38.1. The highest BCUT2D eigenvalue weighted by Gasteiger charge is 2.19. The Bertz CT molecular complexity index is 843. The van der Waals surface area contributed by atoms with E-state index in [1.807, 2.05) is 0 Å². The van der Waals surface area contributed by atoms with Gasteiger partial charge in [-0.1, -0.05) is 240 Å². The van der Waals surface area contributed by atoms with Crippen molar-refractivity contribution in [1.82, 2.24) is 0 Å². The van der Waals surface area contributed by atoms with Crippen LogP contribution >= 0.6 is 0 Å². The summed E-state index contributed by atoms with van der Waals surface area (Å²) in [6.45, 7) is 9.04. The van der Waals surface area contributed by atoms with Gasteiger partial charge in [0.15, 0.2) is 6.10 Å². The predicted octanol–water partition coefficient (Wildman–Crippen LogP) is 15.9. The van der Waals surface area contributed by atoms with Gasteiger partial charge in [-0.05, 0) is 25.2 Å². The molecule has 56 heavy (non-hydrogen) atoms. The summed E-state index contributed by atoms with van der Waals surface area (Å²) in [5.74, 6) is 0.0454. The SMILES string of the molecule is CCCCCCCCCCCCC(=O)OC[C@H](COC(=O)CCCCCCCCCCCCCCCCC(C)CC)OC(=O)CCCCCCCCCCCC. The Hall–Kier alpha value is -1.59. The molecule has 0 saturated heterocycles. The van der Waals surface area contributed by atoms with Crippen molar-refractivity contribution < 1.29 is 28.6 Å². The maximum atomic E-state index is 12.7. The van der Waals surface area contributed by atoms with Crippen LogP contribution in [0.5, 0.6) is 0 Å². The van der Waals surface area contributed by atoms with E-state index in [4.69, 9.17) is 14.2 Å². The molecule has 0 heterocycles. The highest BCUT2D eigenvalue weighted by Crippen LogP contribution is 2.17. The number of esters is 3. The topological polar surface area (TPSA) is 78.9 Å². The average molecular weight is 793 g/mol. The third kappa shape index (κ3) is 42.0. The highest BCUT2D eigenvalue weighted by molar-refractivity contribution is 5.71. The average Bonchev–Trinajstić information content (AvgIpc) is 3.19. The summed E-state index contributed by atoms with van der Waals surface area (Å²) in [7, 11) is 0. The predicted molar refractivity (Wildman–Crippen MR) is 238 cm³/mol. The van der Waals surface area contributed by atoms with Crippen molar-refractivity contribution in [3.05, 3.63) is 0 Å². The van der Waals surface area contributed by atoms with Gasteiger partial charge in [0.05, 0.1) is 0 Å². The molecule has 0 amide bonds. The molecule has 332 valence electrons. The molecule has 0 N–H and O–H groups in total. The van der Waals surface area contributed by atoms with Crippen molar-refractivity contribution >= 4 is 17.9 Å². The quantitative estimate of drug-likeness (QED) is 0.0347. The molecule has 0 fully saturated rings. The minimum Gasteiger partial charge on any atom is -0.462 e. The van der Waals surface area contributed by atoms with Crippen LogP contribution in [-0.2, 0) is 28.6 Å². The number of unbranched alkanes of at least 4 members (excludes halogenated alkanes) is 31. The Labute approximate surface area is 348 Å². The van der Waals surface area contributed by atoms with Crippen LogP contribution in [0, 0.1) is 5.92 Å². The van der Waals surface area contributed by atoms with Crippen LogP contribution in [0.15, 0.2) is 0 Å². The van der Waals surface area contributed by atoms with Gasteiger partial charge in [0.1, 0.15) is 13.2 Å². The van der Waals surface area contributed by atoms with Crippen LogP contribution in [0.3, 0.4) is 0 Å². The first-order chi connectivity index (χ1) is 27.4. The van der Waals surface area contributed by atoms with E-state index in [2.05, 4.69) is 27.7 Å². The molecule has 0 aliphatic rings. The maximum Gasteiger partial charge on any atom is 0.306 e. The summed E-state index contributed by atoms with van der Waals surface area (Å²) in [5.41, 5.74) is 0. The molecule has 0 rings (SSSR count). The molecule has 0 bridgehead atoms. The van der Waals surface area contributed by atoms with E-state index < -0.39 is 6.10 Å². The molecule has 0 aliphatic carbocycles. The largest absolute Gasteiger partial charge is 0.462 e. The van der Waals surface area contributed by atoms with E-state index in [1.54, 1.807) is 0 Å². The van der Waals surface area contributed by atoms with Crippen LogP contribution in [0.2, 0.25) is 0 Å². The van der Waals surface area contributed by atoms with E-state index in [9.17, 15) is 14.4 Å². The number of rotatable bonds is 45. The molecule has 0 aromatic heterocycles. The van der Waals surface area contributed by atoms with Gasteiger partial charge in [-0.2, -0.15) is 0 Å². The second-order valence-electron chi connectivity index (χ2n) is 17.3. The standard InChI is InChI=1S/C50H96O6/c1-5-8-10-12-14-16-25-29-33-37-41-48(51)54-44-47(56-50(53)43-39-35-31-26-17-15-13-11-9-6-2)45-55-49(52)42-38-34-30-27-23-21-19-18-20-22-24-28-32-36-40-46(4)7-3/h46-47H,5-45H2,1-4H3/t46?,47-/m1/s1. The van der Waals surface area contributed by atoms with Crippen molar-refractivity contribution in [1.29, 1.82) is 0 Å². The minimum atomic E-state index is -0.759. The van der Waals surface area contributed by atoms with Crippen molar-refractivity contribution in [3.8, 4) is 0 Å². The summed E-state index contributed by atoms with van der Waals surface area (Å²) >= 11 is 0. The third-order valence-corrected chi connectivity index (χ3v) is 11.7. The molecule has 0 aromatic rings. The van der Waals surface area contributed by atoms with Gasteiger partial charge in [-0.25, -0.2) is 0 Å².